The van der Waals surface area contributed by atoms with Gasteiger partial charge in [0.05, 0.1) is 26.2 Å². The molecule has 35 nitrogen and oxygen atoms in total. The Kier molecular flexibility index (Phi) is 38.3. The fourth-order valence-electron chi connectivity index (χ4n) is 10.3. The van der Waals surface area contributed by atoms with E-state index in [9.17, 15) is 108 Å². The van der Waals surface area contributed by atoms with Gasteiger partial charge in [-0.05, 0) is 68.9 Å². The molecule has 6 atom stereocenters. The maximum Gasteiger partial charge on any atom is 0.336 e. The minimum atomic E-state index is -2.31. The Balaban J connectivity index is 1.55. The van der Waals surface area contributed by atoms with Crippen LogP contribution in [0.15, 0.2) is 60.7 Å². The van der Waals surface area contributed by atoms with Gasteiger partial charge in [-0.15, -0.1) is 0 Å². The molecule has 1 aliphatic heterocycles. The molecular weight excluding hydrogens is 1290 g/mol. The third-order valence-electron chi connectivity index (χ3n) is 15.5. The molecule has 0 bridgehead atoms. The molecule has 2 aromatic rings. The summed E-state index contributed by atoms with van der Waals surface area (Å²) in [7, 11) is 0. The van der Waals surface area contributed by atoms with Crippen molar-refractivity contribution in [1.29, 1.82) is 0 Å². The van der Waals surface area contributed by atoms with Gasteiger partial charge in [0.2, 0.25) is 35.6 Å². The highest BCUT2D eigenvalue weighted by Gasteiger charge is 2.35. The van der Waals surface area contributed by atoms with Crippen LogP contribution in [-0.4, -0.2) is 278 Å². The first-order valence-electron chi connectivity index (χ1n) is 32.1. The van der Waals surface area contributed by atoms with E-state index >= 15 is 0 Å². The first-order valence-corrected chi connectivity index (χ1v) is 32.1. The number of nitrogens with zero attached hydrogens (tertiary/aromatic N) is 4. The van der Waals surface area contributed by atoms with Crippen LogP contribution in [0.5, 0.6) is 0 Å². The van der Waals surface area contributed by atoms with Crippen LogP contribution in [0.3, 0.4) is 0 Å². The number of carboxylic acids is 8. The average molecular weight is 1390 g/mol. The normalized spacial score (nSPS) is 15.2. The van der Waals surface area contributed by atoms with Gasteiger partial charge in [0.1, 0.15) is 30.2 Å². The van der Waals surface area contributed by atoms with Crippen LogP contribution in [-0.2, 0) is 80.0 Å². The minimum absolute atomic E-state index is 0.0112. The fourth-order valence-corrected chi connectivity index (χ4v) is 10.3. The van der Waals surface area contributed by atoms with Crippen molar-refractivity contribution in [1.82, 2.24) is 62.1 Å². The summed E-state index contributed by atoms with van der Waals surface area (Å²) in [6.45, 7) is -1.04. The average Bonchev–Trinajstić information content (AvgIpc) is 0.853. The van der Waals surface area contributed by atoms with Crippen molar-refractivity contribution in [3.63, 3.8) is 0 Å². The third-order valence-corrected chi connectivity index (χ3v) is 15.5. The van der Waals surface area contributed by atoms with Crippen molar-refractivity contribution in [2.24, 2.45) is 0 Å². The predicted molar refractivity (Wildman–Crippen MR) is 345 cm³/mol. The van der Waals surface area contributed by atoms with E-state index in [-0.39, 0.29) is 135 Å². The van der Waals surface area contributed by atoms with Gasteiger partial charge in [0, 0.05) is 97.6 Å². The van der Waals surface area contributed by atoms with Gasteiger partial charge in [0.25, 0.3) is 5.91 Å². The lowest BCUT2D eigenvalue weighted by molar-refractivity contribution is -0.147. The number of rotatable bonds is 45. The summed E-state index contributed by atoms with van der Waals surface area (Å²) >= 11 is 0. The maximum absolute atomic E-state index is 14.4. The summed E-state index contributed by atoms with van der Waals surface area (Å²) in [4.78, 5) is 194. The van der Waals surface area contributed by atoms with Crippen molar-refractivity contribution in [2.45, 2.75) is 139 Å². The predicted octanol–water partition coefficient (Wildman–Crippen LogP) is -1.96. The number of carboxylic acid groups (broad SMARTS) is 8. The molecule has 1 fully saturated rings. The van der Waals surface area contributed by atoms with Crippen LogP contribution in [0.1, 0.15) is 101 Å². The van der Waals surface area contributed by atoms with E-state index in [1.165, 1.54) is 14.7 Å². The quantitative estimate of drug-likeness (QED) is 0.0253. The highest BCUT2D eigenvalue weighted by molar-refractivity contribution is 6.05. The van der Waals surface area contributed by atoms with Gasteiger partial charge in [-0.1, -0.05) is 73.5 Å². The van der Waals surface area contributed by atoms with Crippen molar-refractivity contribution >= 4 is 89.2 Å². The number of carbonyl (C=O) groups is 15. The molecule has 2 aromatic carbocycles. The number of amides is 8. The summed E-state index contributed by atoms with van der Waals surface area (Å²) in [6, 6.07) is 5.67. The Labute approximate surface area is 564 Å². The molecule has 1 heterocycles. The summed E-state index contributed by atoms with van der Waals surface area (Å²) in [5, 5.41) is 96.1. The van der Waals surface area contributed by atoms with Crippen LogP contribution in [0.2, 0.25) is 0 Å². The summed E-state index contributed by atoms with van der Waals surface area (Å²) in [6.07, 6.45) is 2.36. The van der Waals surface area contributed by atoms with Crippen LogP contribution >= 0.6 is 0 Å². The zero-order valence-electron chi connectivity index (χ0n) is 54.4. The Hall–Kier alpha value is -9.87. The van der Waals surface area contributed by atoms with Gasteiger partial charge in [0.15, 0.2) is 0 Å². The number of hydrogen-bond acceptors (Lipinski definition) is 19. The molecule has 1 saturated heterocycles. The molecule has 542 valence electrons. The molecule has 8 amide bonds. The summed E-state index contributed by atoms with van der Waals surface area (Å²) in [5.41, 5.74) is 1.01. The molecule has 0 radical (unpaired) electrons. The highest BCUT2D eigenvalue weighted by Crippen LogP contribution is 2.12. The van der Waals surface area contributed by atoms with E-state index in [0.717, 1.165) is 0 Å². The molecule has 0 saturated carbocycles. The standard InChI is InChI=1S/C63H92N12O23/c76-48(21-9-1-2-10-22-49(77)65-26-14-12-20-44(60(92)93)69-63(98)70-45(61(94)95)23-24-51(79)80)64-25-13-11-19-43(59(90)91)66-56(87)46(35-41-15-5-3-6-16-41)67-57(88)47(36-42-17-7-4-8-18-42)68-58(89)55(62(96)97)71-50(78)37-72-27-29-73(38-52(81)82)31-33-75(40-54(85)86)34-32-74(30-28-72)39-53(83)84/h3-8,15-18,43-47,55H,1-2,9-14,19-40H2,(H,64,76)(H,65,77)(H,66,87)(H,67,88)(H,68,89)(H,71,78)(H,79,80)(H,81,82)(H,83,84)(H,85,86)(H,90,91)(H,92,93)(H,94,95)(H,96,97)(H2,69,70,98)/t43?,44-,45-,46?,47?,55?/m0/s1. The molecule has 1 aliphatic rings. The summed E-state index contributed by atoms with van der Waals surface area (Å²) in [5.74, 6) is -15.6. The SMILES string of the molecule is O=C(O)CC[C@H](NC(=O)N[C@@H](CCCCNC(=O)CCCCCCC(=O)NCCCCC(NC(=O)C(Cc1ccccc1)NC(=O)C(Cc1ccccc1)NC(=O)C(NC(=O)CN1CCN(CC(=O)O)CCN(CC(=O)O)CCN(CC(=O)O)CC1)C(=O)O)C(=O)O)C(=O)O)C(=O)O. The Morgan fingerprint density at radius 2 is 0.673 bits per heavy atom. The molecule has 0 aliphatic carbocycles. The topological polar surface area (TPSA) is 527 Å². The van der Waals surface area contributed by atoms with Gasteiger partial charge in [-0.25, -0.2) is 24.0 Å². The maximum atomic E-state index is 14.4. The second-order valence-corrected chi connectivity index (χ2v) is 23.5. The van der Waals surface area contributed by atoms with Gasteiger partial charge >= 0.3 is 53.8 Å². The lowest BCUT2D eigenvalue weighted by Crippen LogP contribution is -2.60. The van der Waals surface area contributed by atoms with Gasteiger partial charge in [-0.2, -0.15) is 0 Å². The molecule has 0 spiro atoms. The Morgan fingerprint density at radius 1 is 0.327 bits per heavy atom. The Bertz CT molecular complexity index is 2950. The first-order chi connectivity index (χ1) is 46.6. The Morgan fingerprint density at radius 3 is 1.03 bits per heavy atom. The van der Waals surface area contributed by atoms with E-state index in [1.54, 1.807) is 65.6 Å². The number of benzene rings is 2. The minimum Gasteiger partial charge on any atom is -0.481 e. The lowest BCUT2D eigenvalue weighted by Gasteiger charge is -2.33. The number of hydrogen-bond donors (Lipinski definition) is 16. The van der Waals surface area contributed by atoms with E-state index in [2.05, 4.69) is 37.2 Å². The third kappa shape index (κ3) is 35.8. The monoisotopic (exact) mass is 1380 g/mol. The highest BCUT2D eigenvalue weighted by atomic mass is 16.4. The van der Waals surface area contributed by atoms with Crippen LogP contribution in [0.25, 0.3) is 0 Å². The second-order valence-electron chi connectivity index (χ2n) is 23.5. The van der Waals surface area contributed by atoms with Gasteiger partial charge in [-0.3, -0.25) is 67.5 Å². The van der Waals surface area contributed by atoms with Crippen LogP contribution in [0.4, 0.5) is 4.79 Å². The molecule has 0 aromatic heterocycles. The van der Waals surface area contributed by atoms with Crippen molar-refractivity contribution in [3.05, 3.63) is 71.8 Å². The zero-order valence-corrected chi connectivity index (χ0v) is 54.4. The largest absolute Gasteiger partial charge is 0.481 e. The van der Waals surface area contributed by atoms with Crippen molar-refractivity contribution < 1.29 is 113 Å². The molecule has 98 heavy (non-hydrogen) atoms. The van der Waals surface area contributed by atoms with E-state index in [4.69, 9.17) is 5.11 Å². The number of nitrogens with one attached hydrogen (secondary N) is 8. The zero-order chi connectivity index (χ0) is 72.5. The molecule has 35 heteroatoms. The number of aliphatic carboxylic acids is 8. The fraction of sp³-hybridized carbons (Fsp3) is 0.571. The summed E-state index contributed by atoms with van der Waals surface area (Å²) < 4.78 is 0. The second kappa shape index (κ2) is 45.5. The smallest absolute Gasteiger partial charge is 0.336 e. The number of urea groups is 1. The van der Waals surface area contributed by atoms with Crippen molar-refractivity contribution in [3.8, 4) is 0 Å². The van der Waals surface area contributed by atoms with E-state index in [1.807, 2.05) is 5.32 Å². The number of carbonyl (C=O) groups excluding carboxylic acids is 7. The van der Waals surface area contributed by atoms with E-state index < -0.39 is 146 Å². The molecular formula is C63H92N12O23. The van der Waals surface area contributed by atoms with Crippen LogP contribution in [0, 0.1) is 0 Å². The molecule has 3 rings (SSSR count). The lowest BCUT2D eigenvalue weighted by atomic mass is 10.0. The van der Waals surface area contributed by atoms with Crippen LogP contribution < -0.4 is 42.5 Å². The van der Waals surface area contributed by atoms with Gasteiger partial charge < -0.3 is 83.4 Å². The number of unbranched alkanes of at least 4 members (excludes halogenated alkanes) is 5. The molecule has 16 N–H and O–H groups in total. The van der Waals surface area contributed by atoms with Crippen molar-refractivity contribution in [2.75, 3.05) is 91.6 Å². The molecule has 4 unspecified atom stereocenters. The van der Waals surface area contributed by atoms with E-state index in [0.29, 0.717) is 49.7 Å². The first kappa shape index (κ1) is 82.4.